The number of hydrogen-bond acceptors (Lipinski definition) is 3. The minimum atomic E-state index is -4.43. The highest BCUT2D eigenvalue weighted by Gasteiger charge is 2.36. The molecule has 0 aliphatic heterocycles. The van der Waals surface area contributed by atoms with Gasteiger partial charge in [-0.15, -0.1) is 0 Å². The third kappa shape index (κ3) is 2.78. The minimum absolute atomic E-state index is 0.0566. The van der Waals surface area contributed by atoms with E-state index in [0.717, 1.165) is 18.2 Å². The van der Waals surface area contributed by atoms with Crippen molar-refractivity contribution in [2.24, 2.45) is 0 Å². The van der Waals surface area contributed by atoms with Gasteiger partial charge in [-0.25, -0.2) is 26.7 Å². The molecule has 2 aromatic rings. The van der Waals surface area contributed by atoms with E-state index in [1.165, 1.54) is 0 Å². The van der Waals surface area contributed by atoms with Crippen molar-refractivity contribution in [2.45, 2.75) is 23.5 Å². The molecule has 0 saturated heterocycles. The van der Waals surface area contributed by atoms with Gasteiger partial charge in [0, 0.05) is 6.42 Å². The Kier molecular flexibility index (Phi) is 4.10. The second-order valence-corrected chi connectivity index (χ2v) is 7.12. The van der Waals surface area contributed by atoms with Crippen molar-refractivity contribution in [2.75, 3.05) is 0 Å². The molecule has 0 spiro atoms. The highest BCUT2D eigenvalue weighted by molar-refractivity contribution is 7.89. The third-order valence-electron chi connectivity index (χ3n) is 3.93. The standard InChI is InChI=1S/C16H13F2NO4S/c17-12-8-9-4-1-2-5-10(9)15(12)19-24(22,23)13-7-3-6-11(14(13)18)16(20)21/h1-7,12,15,19H,8H2,(H,20,21)/t12-,15+/m1/s1. The molecule has 2 aromatic carbocycles. The van der Waals surface area contributed by atoms with Gasteiger partial charge in [0.25, 0.3) is 0 Å². The Morgan fingerprint density at radius 2 is 1.88 bits per heavy atom. The lowest BCUT2D eigenvalue weighted by atomic mass is 10.1. The van der Waals surface area contributed by atoms with Crippen molar-refractivity contribution in [1.29, 1.82) is 0 Å². The van der Waals surface area contributed by atoms with Gasteiger partial charge in [0.2, 0.25) is 10.0 Å². The van der Waals surface area contributed by atoms with E-state index in [1.54, 1.807) is 24.3 Å². The summed E-state index contributed by atoms with van der Waals surface area (Å²) in [5, 5.41) is 8.90. The largest absolute Gasteiger partial charge is 0.478 e. The van der Waals surface area contributed by atoms with E-state index >= 15 is 0 Å². The Labute approximate surface area is 137 Å². The maximum Gasteiger partial charge on any atom is 0.338 e. The van der Waals surface area contributed by atoms with E-state index in [9.17, 15) is 22.0 Å². The SMILES string of the molecule is O=C(O)c1cccc(S(=O)(=O)N[C@H]2c3ccccc3C[C@H]2F)c1F. The molecule has 0 unspecified atom stereocenters. The van der Waals surface area contributed by atoms with E-state index in [2.05, 4.69) is 4.72 Å². The first kappa shape index (κ1) is 16.5. The summed E-state index contributed by atoms with van der Waals surface area (Å²) in [6, 6.07) is 8.56. The minimum Gasteiger partial charge on any atom is -0.478 e. The van der Waals surface area contributed by atoms with Crippen LogP contribution >= 0.6 is 0 Å². The second-order valence-electron chi connectivity index (χ2n) is 5.44. The van der Waals surface area contributed by atoms with Crippen molar-refractivity contribution < 1.29 is 27.1 Å². The zero-order chi connectivity index (χ0) is 17.5. The maximum atomic E-state index is 14.2. The Bertz CT molecular complexity index is 914. The molecule has 5 nitrogen and oxygen atoms in total. The average Bonchev–Trinajstić information content (AvgIpc) is 2.82. The molecule has 0 amide bonds. The molecule has 0 heterocycles. The van der Waals surface area contributed by atoms with E-state index in [-0.39, 0.29) is 6.42 Å². The molecule has 0 aromatic heterocycles. The number of hydrogen-bond donors (Lipinski definition) is 2. The molecule has 0 saturated carbocycles. The first-order valence-corrected chi connectivity index (χ1v) is 8.55. The molecule has 3 rings (SSSR count). The summed E-state index contributed by atoms with van der Waals surface area (Å²) in [5.74, 6) is -2.96. The van der Waals surface area contributed by atoms with Gasteiger partial charge in [-0.05, 0) is 23.3 Å². The molecule has 2 atom stereocenters. The Morgan fingerprint density at radius 3 is 2.58 bits per heavy atom. The molecule has 1 aliphatic rings. The van der Waals surface area contributed by atoms with Crippen LogP contribution in [0.15, 0.2) is 47.4 Å². The van der Waals surface area contributed by atoms with E-state index in [4.69, 9.17) is 5.11 Å². The molecular formula is C16H13F2NO4S. The summed E-state index contributed by atoms with van der Waals surface area (Å²) in [7, 11) is -4.43. The summed E-state index contributed by atoms with van der Waals surface area (Å²) in [6.45, 7) is 0. The first-order chi connectivity index (χ1) is 11.3. The lowest BCUT2D eigenvalue weighted by Crippen LogP contribution is -2.33. The number of carboxylic acid groups (broad SMARTS) is 1. The van der Waals surface area contributed by atoms with Crippen molar-refractivity contribution in [3.8, 4) is 0 Å². The normalized spacial score (nSPS) is 19.9. The van der Waals surface area contributed by atoms with Crippen LogP contribution in [0.1, 0.15) is 27.5 Å². The smallest absolute Gasteiger partial charge is 0.338 e. The number of alkyl halides is 1. The van der Waals surface area contributed by atoms with Crippen molar-refractivity contribution >= 4 is 16.0 Å². The van der Waals surface area contributed by atoms with Gasteiger partial charge in [0.1, 0.15) is 11.1 Å². The van der Waals surface area contributed by atoms with Gasteiger partial charge in [-0.3, -0.25) is 0 Å². The molecular weight excluding hydrogens is 340 g/mol. The summed E-state index contributed by atoms with van der Waals surface area (Å²) >= 11 is 0. The Balaban J connectivity index is 1.99. The molecule has 8 heteroatoms. The van der Waals surface area contributed by atoms with Gasteiger partial charge < -0.3 is 5.11 Å². The fourth-order valence-corrected chi connectivity index (χ4v) is 4.14. The number of benzene rings is 2. The number of carbonyl (C=O) groups is 1. The second kappa shape index (κ2) is 5.95. The molecule has 2 N–H and O–H groups in total. The predicted octanol–water partition coefficient (Wildman–Crippen LogP) is 2.44. The fourth-order valence-electron chi connectivity index (χ4n) is 2.80. The highest BCUT2D eigenvalue weighted by Crippen LogP contribution is 2.34. The van der Waals surface area contributed by atoms with Crippen molar-refractivity contribution in [3.63, 3.8) is 0 Å². The van der Waals surface area contributed by atoms with Crippen molar-refractivity contribution in [3.05, 3.63) is 65.0 Å². The quantitative estimate of drug-likeness (QED) is 0.884. The molecule has 24 heavy (non-hydrogen) atoms. The van der Waals surface area contributed by atoms with E-state index in [0.29, 0.717) is 11.1 Å². The first-order valence-electron chi connectivity index (χ1n) is 7.07. The number of aromatic carboxylic acids is 1. The van der Waals surface area contributed by atoms with Gasteiger partial charge in [0.15, 0.2) is 5.82 Å². The van der Waals surface area contributed by atoms with Gasteiger partial charge in [-0.1, -0.05) is 30.3 Å². The summed E-state index contributed by atoms with van der Waals surface area (Å²) < 4.78 is 55.4. The van der Waals surface area contributed by atoms with Crippen LogP contribution in [-0.2, 0) is 16.4 Å². The van der Waals surface area contributed by atoms with Crippen LogP contribution in [0, 0.1) is 5.82 Å². The van der Waals surface area contributed by atoms with Gasteiger partial charge in [-0.2, -0.15) is 0 Å². The molecule has 0 bridgehead atoms. The topological polar surface area (TPSA) is 83.5 Å². The molecule has 0 fully saturated rings. The monoisotopic (exact) mass is 353 g/mol. The average molecular weight is 353 g/mol. The van der Waals surface area contributed by atoms with Crippen LogP contribution in [0.4, 0.5) is 8.78 Å². The number of rotatable bonds is 4. The van der Waals surface area contributed by atoms with Crippen LogP contribution in [-0.4, -0.2) is 25.7 Å². The fraction of sp³-hybridized carbons (Fsp3) is 0.188. The van der Waals surface area contributed by atoms with Gasteiger partial charge in [0.05, 0.1) is 11.6 Å². The highest BCUT2D eigenvalue weighted by atomic mass is 32.2. The maximum absolute atomic E-state index is 14.2. The zero-order valence-electron chi connectivity index (χ0n) is 12.2. The zero-order valence-corrected chi connectivity index (χ0v) is 13.1. The van der Waals surface area contributed by atoms with Crippen LogP contribution in [0.2, 0.25) is 0 Å². The Hall–Kier alpha value is -2.32. The predicted molar refractivity (Wildman–Crippen MR) is 81.5 cm³/mol. The summed E-state index contributed by atoms with van der Waals surface area (Å²) in [6.07, 6.45) is -1.43. The van der Waals surface area contributed by atoms with Crippen LogP contribution < -0.4 is 4.72 Å². The lowest BCUT2D eigenvalue weighted by molar-refractivity contribution is 0.0691. The summed E-state index contributed by atoms with van der Waals surface area (Å²) in [5.41, 5.74) is 0.405. The van der Waals surface area contributed by atoms with E-state index < -0.39 is 44.5 Å². The van der Waals surface area contributed by atoms with Crippen molar-refractivity contribution in [1.82, 2.24) is 4.72 Å². The van der Waals surface area contributed by atoms with Gasteiger partial charge >= 0.3 is 5.97 Å². The molecule has 126 valence electrons. The van der Waals surface area contributed by atoms with Crippen LogP contribution in [0.25, 0.3) is 0 Å². The number of sulfonamides is 1. The summed E-state index contributed by atoms with van der Waals surface area (Å²) in [4.78, 5) is 10.1. The lowest BCUT2D eigenvalue weighted by Gasteiger charge is -2.17. The number of nitrogens with one attached hydrogen (secondary N) is 1. The molecule has 1 aliphatic carbocycles. The number of carboxylic acids is 1. The molecule has 0 radical (unpaired) electrons. The number of halogens is 2. The van der Waals surface area contributed by atoms with Crippen LogP contribution in [0.3, 0.4) is 0 Å². The third-order valence-corrected chi connectivity index (χ3v) is 5.39. The van der Waals surface area contributed by atoms with Crippen LogP contribution in [0.5, 0.6) is 0 Å². The Morgan fingerprint density at radius 1 is 1.17 bits per heavy atom. The van der Waals surface area contributed by atoms with E-state index in [1.807, 2.05) is 0 Å². The number of fused-ring (bicyclic) bond motifs is 1.